The van der Waals surface area contributed by atoms with Crippen LogP contribution in [-0.2, 0) is 6.18 Å². The first kappa shape index (κ1) is 14.3. The Labute approximate surface area is 101 Å². The molecule has 1 amide bonds. The summed E-state index contributed by atoms with van der Waals surface area (Å²) < 4.78 is 37.9. The second-order valence-electron chi connectivity index (χ2n) is 3.27. The van der Waals surface area contributed by atoms with Gasteiger partial charge in [0.25, 0.3) is 11.4 Å². The highest BCUT2D eigenvalue weighted by Gasteiger charge is 2.46. The number of hydrogen-bond donors (Lipinski definition) is 1. The van der Waals surface area contributed by atoms with E-state index in [0.29, 0.717) is 0 Å². The quantitative estimate of drug-likeness (QED) is 0.663. The van der Waals surface area contributed by atoms with Gasteiger partial charge in [-0.3, -0.25) is 25.0 Å². The van der Waals surface area contributed by atoms with Gasteiger partial charge in [0.2, 0.25) is 11.5 Å². The summed E-state index contributed by atoms with van der Waals surface area (Å²) in [7, 11) is 0. The molecule has 2 N–H and O–H groups in total. The van der Waals surface area contributed by atoms with Gasteiger partial charge in [-0.1, -0.05) is 0 Å². The Bertz CT molecular complexity index is 548. The van der Waals surface area contributed by atoms with Gasteiger partial charge in [-0.05, 0) is 0 Å². The van der Waals surface area contributed by atoms with E-state index >= 15 is 0 Å². The van der Waals surface area contributed by atoms with Gasteiger partial charge in [-0.25, -0.2) is 0 Å². The molecule has 0 radical (unpaired) electrons. The highest BCUT2D eigenvalue weighted by Crippen LogP contribution is 2.42. The number of primary amides is 1. The van der Waals surface area contributed by atoms with Gasteiger partial charge in [-0.15, -0.1) is 0 Å². The lowest BCUT2D eigenvalue weighted by molar-refractivity contribution is -0.400. The molecule has 0 aliphatic rings. The summed E-state index contributed by atoms with van der Waals surface area (Å²) in [6.07, 6.45) is -5.32. The predicted molar refractivity (Wildman–Crippen MR) is 53.3 cm³/mol. The van der Waals surface area contributed by atoms with Crippen molar-refractivity contribution in [3.63, 3.8) is 0 Å². The molecule has 11 heteroatoms. The lowest BCUT2D eigenvalue weighted by atomic mass is 10.1. The summed E-state index contributed by atoms with van der Waals surface area (Å²) in [5, 5.41) is 21.1. The monoisotopic (exact) mass is 279 g/mol. The van der Waals surface area contributed by atoms with Crippen LogP contribution in [0.5, 0.6) is 0 Å². The smallest absolute Gasteiger partial charge is 0.366 e. The molecular formula is C8H4F3N3O5. The molecule has 8 nitrogen and oxygen atoms in total. The van der Waals surface area contributed by atoms with Crippen molar-refractivity contribution in [2.45, 2.75) is 6.18 Å². The van der Waals surface area contributed by atoms with Crippen molar-refractivity contribution in [1.29, 1.82) is 0 Å². The third-order valence-electron chi connectivity index (χ3n) is 2.06. The van der Waals surface area contributed by atoms with Gasteiger partial charge in [0.15, 0.2) is 0 Å². The van der Waals surface area contributed by atoms with Crippen molar-refractivity contribution < 1.29 is 27.8 Å². The fourth-order valence-corrected chi connectivity index (χ4v) is 1.33. The van der Waals surface area contributed by atoms with Crippen molar-refractivity contribution in [1.82, 2.24) is 0 Å². The molecule has 0 unspecified atom stereocenters. The van der Waals surface area contributed by atoms with Crippen LogP contribution in [0.25, 0.3) is 0 Å². The fraction of sp³-hybridized carbons (Fsp3) is 0.125. The van der Waals surface area contributed by atoms with E-state index in [0.717, 1.165) is 0 Å². The summed E-state index contributed by atoms with van der Waals surface area (Å²) in [4.78, 5) is 29.0. The Kier molecular flexibility index (Phi) is 3.41. The third-order valence-corrected chi connectivity index (χ3v) is 2.06. The van der Waals surface area contributed by atoms with Gasteiger partial charge < -0.3 is 5.73 Å². The van der Waals surface area contributed by atoms with Crippen LogP contribution in [0.3, 0.4) is 0 Å². The van der Waals surface area contributed by atoms with Crippen LogP contribution in [0.2, 0.25) is 0 Å². The SMILES string of the molecule is NC(=O)c1cc([N+](=O)[O-])c(C(F)(F)F)c([N+](=O)[O-])c1. The van der Waals surface area contributed by atoms with Gasteiger partial charge in [-0.2, -0.15) is 13.2 Å². The van der Waals surface area contributed by atoms with E-state index in [-0.39, 0.29) is 12.1 Å². The van der Waals surface area contributed by atoms with Crippen molar-refractivity contribution in [3.05, 3.63) is 43.5 Å². The standard InChI is InChI=1S/C8H4F3N3O5/c9-8(10,11)6-4(13(16)17)1-3(7(12)15)2-5(6)14(18)19/h1-2H,(H2,12,15). The average Bonchev–Trinajstić information content (AvgIpc) is 2.25. The minimum Gasteiger partial charge on any atom is -0.366 e. The Balaban J connectivity index is 3.81. The summed E-state index contributed by atoms with van der Waals surface area (Å²) >= 11 is 0. The van der Waals surface area contributed by atoms with Gasteiger partial charge in [0.05, 0.1) is 15.4 Å². The summed E-state index contributed by atoms with van der Waals surface area (Å²) in [5.74, 6) is -1.32. The van der Waals surface area contributed by atoms with E-state index in [9.17, 15) is 38.2 Å². The molecule has 0 atom stereocenters. The number of rotatable bonds is 3. The number of benzene rings is 1. The first-order valence-electron chi connectivity index (χ1n) is 4.39. The fourth-order valence-electron chi connectivity index (χ4n) is 1.33. The van der Waals surface area contributed by atoms with Crippen LogP contribution in [0.15, 0.2) is 12.1 Å². The lowest BCUT2D eigenvalue weighted by Gasteiger charge is -2.08. The maximum atomic E-state index is 12.6. The van der Waals surface area contributed by atoms with Crippen LogP contribution in [0.4, 0.5) is 24.5 Å². The number of amides is 1. The number of carbonyl (C=O) groups excluding carboxylic acids is 1. The lowest BCUT2D eigenvalue weighted by Crippen LogP contribution is -2.16. The van der Waals surface area contributed by atoms with E-state index in [1.165, 1.54) is 0 Å². The largest absolute Gasteiger partial charge is 0.429 e. The Morgan fingerprint density at radius 1 is 1.11 bits per heavy atom. The maximum absolute atomic E-state index is 12.6. The molecular weight excluding hydrogens is 275 g/mol. The summed E-state index contributed by atoms with van der Waals surface area (Å²) in [6.45, 7) is 0. The second kappa shape index (κ2) is 4.51. The van der Waals surface area contributed by atoms with Crippen LogP contribution < -0.4 is 5.73 Å². The average molecular weight is 279 g/mol. The molecule has 0 spiro atoms. The minimum absolute atomic E-state index is 0.248. The minimum atomic E-state index is -5.32. The molecule has 1 aromatic carbocycles. The molecule has 0 bridgehead atoms. The number of nitro groups is 2. The molecule has 1 aromatic rings. The zero-order valence-corrected chi connectivity index (χ0v) is 8.80. The predicted octanol–water partition coefficient (Wildman–Crippen LogP) is 1.62. The number of carbonyl (C=O) groups is 1. The number of nitrogens with zero attached hydrogens (tertiary/aromatic N) is 2. The molecule has 19 heavy (non-hydrogen) atoms. The third kappa shape index (κ3) is 2.75. The van der Waals surface area contributed by atoms with Crippen LogP contribution in [-0.4, -0.2) is 15.8 Å². The van der Waals surface area contributed by atoms with Crippen LogP contribution >= 0.6 is 0 Å². The molecule has 0 aromatic heterocycles. The first-order chi connectivity index (χ1) is 8.55. The number of nitrogens with two attached hydrogens (primary N) is 1. The zero-order chi connectivity index (χ0) is 15.0. The Morgan fingerprint density at radius 3 is 1.68 bits per heavy atom. The molecule has 0 fully saturated rings. The van der Waals surface area contributed by atoms with Gasteiger partial charge >= 0.3 is 6.18 Å². The number of halogens is 3. The summed E-state index contributed by atoms with van der Waals surface area (Å²) in [6, 6.07) is 0.496. The van der Waals surface area contributed by atoms with E-state index in [1.807, 2.05) is 0 Å². The number of nitro benzene ring substituents is 2. The normalized spacial score (nSPS) is 11.1. The highest BCUT2D eigenvalue weighted by molar-refractivity contribution is 5.94. The molecule has 0 aliphatic heterocycles. The zero-order valence-electron chi connectivity index (χ0n) is 8.80. The van der Waals surface area contributed by atoms with E-state index in [1.54, 1.807) is 0 Å². The van der Waals surface area contributed by atoms with E-state index in [2.05, 4.69) is 0 Å². The Hall–Kier alpha value is -2.72. The molecule has 0 aliphatic carbocycles. The number of alkyl halides is 3. The maximum Gasteiger partial charge on any atom is 0.429 e. The van der Waals surface area contributed by atoms with Crippen molar-refractivity contribution >= 4 is 17.3 Å². The molecule has 102 valence electrons. The van der Waals surface area contributed by atoms with Crippen molar-refractivity contribution in [2.75, 3.05) is 0 Å². The molecule has 0 saturated heterocycles. The van der Waals surface area contributed by atoms with Crippen LogP contribution in [0, 0.1) is 20.2 Å². The molecule has 0 heterocycles. The molecule has 1 rings (SSSR count). The highest BCUT2D eigenvalue weighted by atomic mass is 19.4. The van der Waals surface area contributed by atoms with Crippen LogP contribution in [0.1, 0.15) is 15.9 Å². The van der Waals surface area contributed by atoms with Gasteiger partial charge in [0.1, 0.15) is 0 Å². The number of hydrogen-bond acceptors (Lipinski definition) is 5. The van der Waals surface area contributed by atoms with Crippen molar-refractivity contribution in [2.24, 2.45) is 5.73 Å². The molecule has 0 saturated carbocycles. The first-order valence-corrected chi connectivity index (χ1v) is 4.39. The van der Waals surface area contributed by atoms with Gasteiger partial charge in [0, 0.05) is 12.1 Å². The second-order valence-corrected chi connectivity index (χ2v) is 3.27. The van der Waals surface area contributed by atoms with Crippen molar-refractivity contribution in [3.8, 4) is 0 Å². The Morgan fingerprint density at radius 2 is 1.47 bits per heavy atom. The van der Waals surface area contributed by atoms with E-state index in [4.69, 9.17) is 5.73 Å². The topological polar surface area (TPSA) is 129 Å². The summed E-state index contributed by atoms with van der Waals surface area (Å²) in [5.41, 5.74) is -1.25. The van der Waals surface area contributed by atoms with E-state index < -0.39 is 44.4 Å².